The van der Waals surface area contributed by atoms with Gasteiger partial charge in [0.1, 0.15) is 5.75 Å². The monoisotopic (exact) mass is 224 g/mol. The molecule has 1 unspecified atom stereocenters. The topological polar surface area (TPSA) is 20.2 Å². The van der Waals surface area contributed by atoms with Crippen molar-refractivity contribution in [3.8, 4) is 5.75 Å². The molecule has 2 rings (SSSR count). The summed E-state index contributed by atoms with van der Waals surface area (Å²) in [6, 6.07) is 17.7. The third-order valence-corrected chi connectivity index (χ3v) is 2.82. The van der Waals surface area contributed by atoms with Gasteiger partial charge in [-0.1, -0.05) is 60.7 Å². The standard InChI is InChI=1S/C16H16O/c1-2-8-14(13-9-4-3-5-10-13)15-11-6-7-12-16(15)17/h2-12,14,17H,1H3. The van der Waals surface area contributed by atoms with Crippen molar-refractivity contribution in [2.75, 3.05) is 0 Å². The van der Waals surface area contributed by atoms with Crippen LogP contribution in [0.3, 0.4) is 0 Å². The van der Waals surface area contributed by atoms with E-state index in [-0.39, 0.29) is 5.92 Å². The van der Waals surface area contributed by atoms with E-state index in [1.54, 1.807) is 6.07 Å². The van der Waals surface area contributed by atoms with Crippen molar-refractivity contribution in [3.63, 3.8) is 0 Å². The van der Waals surface area contributed by atoms with Crippen LogP contribution >= 0.6 is 0 Å². The van der Waals surface area contributed by atoms with Gasteiger partial charge in [-0.25, -0.2) is 0 Å². The number of phenolic OH excluding ortho intramolecular Hbond substituents is 1. The van der Waals surface area contributed by atoms with E-state index in [0.29, 0.717) is 5.75 Å². The predicted octanol–water partition coefficient (Wildman–Crippen LogP) is 4.10. The van der Waals surface area contributed by atoms with Gasteiger partial charge in [-0.2, -0.15) is 0 Å². The fourth-order valence-corrected chi connectivity index (χ4v) is 2.00. The largest absolute Gasteiger partial charge is 0.508 e. The molecule has 86 valence electrons. The van der Waals surface area contributed by atoms with Gasteiger partial charge >= 0.3 is 0 Å². The molecule has 0 saturated carbocycles. The van der Waals surface area contributed by atoms with Crippen molar-refractivity contribution in [1.82, 2.24) is 0 Å². The van der Waals surface area contributed by atoms with Gasteiger partial charge in [0.2, 0.25) is 0 Å². The number of aromatic hydroxyl groups is 1. The maximum atomic E-state index is 9.93. The minimum atomic E-state index is 0.113. The van der Waals surface area contributed by atoms with Crippen LogP contribution in [0.4, 0.5) is 0 Å². The second kappa shape index (κ2) is 5.35. The molecule has 0 fully saturated rings. The van der Waals surface area contributed by atoms with E-state index >= 15 is 0 Å². The highest BCUT2D eigenvalue weighted by atomic mass is 16.3. The molecular formula is C16H16O. The molecule has 2 aromatic carbocycles. The Hall–Kier alpha value is -2.02. The number of hydrogen-bond acceptors (Lipinski definition) is 1. The Morgan fingerprint density at radius 1 is 0.941 bits per heavy atom. The molecule has 0 heterocycles. The van der Waals surface area contributed by atoms with Crippen LogP contribution in [0.5, 0.6) is 5.75 Å². The Labute approximate surface area is 102 Å². The highest BCUT2D eigenvalue weighted by Crippen LogP contribution is 2.31. The maximum absolute atomic E-state index is 9.93. The summed E-state index contributed by atoms with van der Waals surface area (Å²) in [6.07, 6.45) is 4.12. The SMILES string of the molecule is CC=CC(c1ccccc1)c1ccccc1O. The van der Waals surface area contributed by atoms with Gasteiger partial charge in [-0.15, -0.1) is 0 Å². The average molecular weight is 224 g/mol. The lowest BCUT2D eigenvalue weighted by molar-refractivity contribution is 0.467. The van der Waals surface area contributed by atoms with E-state index in [2.05, 4.69) is 18.2 Å². The second-order valence-corrected chi connectivity index (χ2v) is 3.97. The van der Waals surface area contributed by atoms with E-state index in [9.17, 15) is 5.11 Å². The molecule has 0 radical (unpaired) electrons. The highest BCUT2D eigenvalue weighted by Gasteiger charge is 2.13. The van der Waals surface area contributed by atoms with Gasteiger partial charge in [0.15, 0.2) is 0 Å². The van der Waals surface area contributed by atoms with E-state index in [4.69, 9.17) is 0 Å². The van der Waals surface area contributed by atoms with Crippen molar-refractivity contribution in [1.29, 1.82) is 0 Å². The zero-order valence-electron chi connectivity index (χ0n) is 9.88. The summed E-state index contributed by atoms with van der Waals surface area (Å²) in [4.78, 5) is 0. The molecule has 0 bridgehead atoms. The molecule has 0 aromatic heterocycles. The first-order chi connectivity index (χ1) is 8.33. The smallest absolute Gasteiger partial charge is 0.119 e. The Morgan fingerprint density at radius 3 is 2.24 bits per heavy atom. The van der Waals surface area contributed by atoms with Crippen LogP contribution in [0.2, 0.25) is 0 Å². The molecule has 0 aliphatic rings. The lowest BCUT2D eigenvalue weighted by Gasteiger charge is -2.15. The van der Waals surface area contributed by atoms with Gasteiger partial charge in [-0.05, 0) is 18.6 Å². The van der Waals surface area contributed by atoms with E-state index in [1.807, 2.05) is 49.4 Å². The fourth-order valence-electron chi connectivity index (χ4n) is 2.00. The lowest BCUT2D eigenvalue weighted by Crippen LogP contribution is -1.97. The van der Waals surface area contributed by atoms with Crippen molar-refractivity contribution in [3.05, 3.63) is 77.9 Å². The first-order valence-corrected chi connectivity index (χ1v) is 5.78. The quantitative estimate of drug-likeness (QED) is 0.778. The van der Waals surface area contributed by atoms with E-state index in [0.717, 1.165) is 5.56 Å². The van der Waals surface area contributed by atoms with Gasteiger partial charge in [-0.3, -0.25) is 0 Å². The second-order valence-electron chi connectivity index (χ2n) is 3.97. The predicted molar refractivity (Wildman–Crippen MR) is 71.2 cm³/mol. The van der Waals surface area contributed by atoms with Crippen molar-refractivity contribution in [2.45, 2.75) is 12.8 Å². The first-order valence-electron chi connectivity index (χ1n) is 5.78. The van der Waals surface area contributed by atoms with Crippen LogP contribution in [0.15, 0.2) is 66.7 Å². The first kappa shape index (κ1) is 11.5. The third kappa shape index (κ3) is 2.56. The van der Waals surface area contributed by atoms with Crippen LogP contribution < -0.4 is 0 Å². The van der Waals surface area contributed by atoms with Crippen LogP contribution in [-0.2, 0) is 0 Å². The molecular weight excluding hydrogens is 208 g/mol. The van der Waals surface area contributed by atoms with Crippen LogP contribution in [0, 0.1) is 0 Å². The molecule has 1 N–H and O–H groups in total. The number of allylic oxidation sites excluding steroid dienone is 2. The van der Waals surface area contributed by atoms with Crippen LogP contribution in [0.25, 0.3) is 0 Å². The number of phenols is 1. The number of hydrogen-bond donors (Lipinski definition) is 1. The van der Waals surface area contributed by atoms with Crippen LogP contribution in [0.1, 0.15) is 24.0 Å². The van der Waals surface area contributed by atoms with Gasteiger partial charge in [0.25, 0.3) is 0 Å². The van der Waals surface area contributed by atoms with Gasteiger partial charge in [0, 0.05) is 11.5 Å². The molecule has 0 saturated heterocycles. The van der Waals surface area contributed by atoms with Crippen molar-refractivity contribution < 1.29 is 5.11 Å². The fraction of sp³-hybridized carbons (Fsp3) is 0.125. The minimum absolute atomic E-state index is 0.113. The zero-order valence-corrected chi connectivity index (χ0v) is 9.88. The summed E-state index contributed by atoms with van der Waals surface area (Å²) in [5.74, 6) is 0.460. The number of rotatable bonds is 3. The molecule has 1 heteroatoms. The Kier molecular flexibility index (Phi) is 3.61. The minimum Gasteiger partial charge on any atom is -0.508 e. The Morgan fingerprint density at radius 2 is 1.59 bits per heavy atom. The van der Waals surface area contributed by atoms with Gasteiger partial charge in [0.05, 0.1) is 0 Å². The van der Waals surface area contributed by atoms with Crippen molar-refractivity contribution >= 4 is 0 Å². The molecule has 0 aliphatic heterocycles. The molecule has 0 spiro atoms. The average Bonchev–Trinajstić information content (AvgIpc) is 2.38. The third-order valence-electron chi connectivity index (χ3n) is 2.82. The summed E-state index contributed by atoms with van der Waals surface area (Å²) in [5.41, 5.74) is 2.13. The van der Waals surface area contributed by atoms with Crippen LogP contribution in [-0.4, -0.2) is 5.11 Å². The molecule has 1 nitrogen and oxygen atoms in total. The molecule has 2 aromatic rings. The molecule has 1 atom stereocenters. The van der Waals surface area contributed by atoms with Crippen molar-refractivity contribution in [2.24, 2.45) is 0 Å². The molecule has 0 aliphatic carbocycles. The summed E-state index contributed by atoms with van der Waals surface area (Å²) < 4.78 is 0. The van der Waals surface area contributed by atoms with E-state index < -0.39 is 0 Å². The van der Waals surface area contributed by atoms with E-state index in [1.165, 1.54) is 5.56 Å². The summed E-state index contributed by atoms with van der Waals surface area (Å²) in [7, 11) is 0. The number of benzene rings is 2. The Balaban J connectivity index is 2.47. The number of para-hydroxylation sites is 1. The summed E-state index contributed by atoms with van der Waals surface area (Å²) in [6.45, 7) is 2.00. The summed E-state index contributed by atoms with van der Waals surface area (Å²) in [5, 5.41) is 9.93. The molecule has 17 heavy (non-hydrogen) atoms. The lowest BCUT2D eigenvalue weighted by atomic mass is 9.90. The normalized spacial score (nSPS) is 12.8. The van der Waals surface area contributed by atoms with Gasteiger partial charge < -0.3 is 5.11 Å². The Bertz CT molecular complexity index is 500. The maximum Gasteiger partial charge on any atom is 0.119 e. The zero-order chi connectivity index (χ0) is 12.1. The molecule has 0 amide bonds. The highest BCUT2D eigenvalue weighted by molar-refractivity contribution is 5.44. The summed E-state index contributed by atoms with van der Waals surface area (Å²) >= 11 is 0.